The minimum Gasteiger partial charge on any atom is -0.383 e. The smallest absolute Gasteiger partial charge is 0.0633 e. The molecule has 3 unspecified atom stereocenters. The third-order valence-corrected chi connectivity index (χ3v) is 4.42. The minimum atomic E-state index is 0.256. The summed E-state index contributed by atoms with van der Waals surface area (Å²) in [7, 11) is 1.83. The molecule has 2 bridgehead atoms. The maximum absolute atomic E-state index is 5.48. The van der Waals surface area contributed by atoms with E-state index >= 15 is 0 Å². The van der Waals surface area contributed by atoms with Crippen LogP contribution in [0.5, 0.6) is 0 Å². The molecule has 0 aromatic rings. The normalized spacial score (nSPS) is 35.5. The van der Waals surface area contributed by atoms with Gasteiger partial charge in [-0.1, -0.05) is 6.92 Å². The molecule has 0 amide bonds. The van der Waals surface area contributed by atoms with E-state index in [1.54, 1.807) is 0 Å². The molecule has 3 heteroatoms. The van der Waals surface area contributed by atoms with Gasteiger partial charge in [0.2, 0.25) is 0 Å². The van der Waals surface area contributed by atoms with E-state index in [2.05, 4.69) is 37.5 Å². The van der Waals surface area contributed by atoms with Gasteiger partial charge in [-0.25, -0.2) is 0 Å². The molecule has 3 nitrogen and oxygen atoms in total. The second-order valence-electron chi connectivity index (χ2n) is 6.49. The van der Waals surface area contributed by atoms with E-state index in [-0.39, 0.29) is 5.54 Å². The van der Waals surface area contributed by atoms with Crippen LogP contribution in [0.25, 0.3) is 0 Å². The maximum Gasteiger partial charge on any atom is 0.0633 e. The van der Waals surface area contributed by atoms with Gasteiger partial charge in [0.25, 0.3) is 0 Å². The Bertz CT molecular complexity index is 261. The zero-order chi connectivity index (χ0) is 12.6. The highest BCUT2D eigenvalue weighted by molar-refractivity contribution is 5.05. The molecule has 3 rings (SSSR count). The molecule has 3 saturated heterocycles. The third-order valence-electron chi connectivity index (χ3n) is 4.42. The quantitative estimate of drug-likeness (QED) is 0.750. The van der Waals surface area contributed by atoms with Gasteiger partial charge in [0.1, 0.15) is 0 Å². The van der Waals surface area contributed by atoms with Crippen molar-refractivity contribution in [1.29, 1.82) is 0 Å². The molecule has 0 saturated carbocycles. The lowest BCUT2D eigenvalue weighted by Crippen LogP contribution is -2.72. The summed E-state index contributed by atoms with van der Waals surface area (Å²) in [4.78, 5) is 5.37. The number of piperazine rings is 1. The van der Waals surface area contributed by atoms with Crippen molar-refractivity contribution >= 4 is 0 Å². The van der Waals surface area contributed by atoms with Crippen molar-refractivity contribution in [3.63, 3.8) is 0 Å². The third kappa shape index (κ3) is 2.38. The molecule has 0 aliphatic carbocycles. The highest BCUT2D eigenvalue weighted by Crippen LogP contribution is 2.38. The number of piperidine rings is 2. The lowest BCUT2D eigenvalue weighted by Gasteiger charge is -2.60. The zero-order valence-electron chi connectivity index (χ0n) is 12.1. The summed E-state index contributed by atoms with van der Waals surface area (Å²) in [6.07, 6.45) is 2.71. The van der Waals surface area contributed by atoms with Crippen molar-refractivity contribution in [3.8, 4) is 0 Å². The number of hydrogen-bond donors (Lipinski definition) is 0. The SMILES string of the molecule is CCN1CC2CCC1C(COC)N2C(C)(C)C. The fraction of sp³-hybridized carbons (Fsp3) is 1.00. The molecule has 17 heavy (non-hydrogen) atoms. The number of hydrogen-bond acceptors (Lipinski definition) is 3. The highest BCUT2D eigenvalue weighted by atomic mass is 16.5. The van der Waals surface area contributed by atoms with Gasteiger partial charge >= 0.3 is 0 Å². The van der Waals surface area contributed by atoms with Crippen molar-refractivity contribution in [2.75, 3.05) is 26.8 Å². The van der Waals surface area contributed by atoms with Crippen LogP contribution >= 0.6 is 0 Å². The van der Waals surface area contributed by atoms with Gasteiger partial charge in [0.15, 0.2) is 0 Å². The Labute approximate surface area is 106 Å². The minimum absolute atomic E-state index is 0.256. The number of rotatable bonds is 3. The molecule has 3 heterocycles. The molecule has 3 atom stereocenters. The Hall–Kier alpha value is -0.120. The molecule has 0 aromatic carbocycles. The molecule has 0 radical (unpaired) electrons. The van der Waals surface area contributed by atoms with Crippen molar-refractivity contribution in [3.05, 3.63) is 0 Å². The van der Waals surface area contributed by atoms with E-state index in [4.69, 9.17) is 4.74 Å². The number of fused-ring (bicyclic) bond motifs is 3. The summed E-state index contributed by atoms with van der Waals surface area (Å²) in [5.74, 6) is 0. The van der Waals surface area contributed by atoms with Crippen LogP contribution in [0.1, 0.15) is 40.5 Å². The Morgan fingerprint density at radius 2 is 1.94 bits per heavy atom. The Morgan fingerprint density at radius 1 is 1.24 bits per heavy atom. The molecule has 3 fully saturated rings. The Balaban J connectivity index is 2.22. The van der Waals surface area contributed by atoms with Crippen LogP contribution in [0, 0.1) is 0 Å². The van der Waals surface area contributed by atoms with Gasteiger partial charge < -0.3 is 4.74 Å². The van der Waals surface area contributed by atoms with Crippen LogP contribution in [0.3, 0.4) is 0 Å². The van der Waals surface area contributed by atoms with Crippen LogP contribution in [0.4, 0.5) is 0 Å². The fourth-order valence-corrected chi connectivity index (χ4v) is 3.93. The standard InChI is InChI=1S/C14H28N2O/c1-6-15-9-11-7-8-12(15)13(10-17-5)16(11)14(2,3)4/h11-13H,6-10H2,1-5H3. The van der Waals surface area contributed by atoms with E-state index in [0.717, 1.165) is 12.6 Å². The highest BCUT2D eigenvalue weighted by Gasteiger charge is 2.48. The number of nitrogens with zero attached hydrogens (tertiary/aromatic N) is 2. The lowest BCUT2D eigenvalue weighted by molar-refractivity contribution is -0.124. The monoisotopic (exact) mass is 240 g/mol. The summed E-state index contributed by atoms with van der Waals surface area (Å²) < 4.78 is 5.48. The van der Waals surface area contributed by atoms with E-state index in [1.165, 1.54) is 25.9 Å². The van der Waals surface area contributed by atoms with Gasteiger partial charge in [-0.05, 0) is 40.2 Å². The number of ether oxygens (including phenoxy) is 1. The largest absolute Gasteiger partial charge is 0.383 e. The second kappa shape index (κ2) is 4.87. The summed E-state index contributed by atoms with van der Waals surface area (Å²) in [6, 6.07) is 2.00. The van der Waals surface area contributed by atoms with Gasteiger partial charge in [-0.2, -0.15) is 0 Å². The van der Waals surface area contributed by atoms with E-state index in [9.17, 15) is 0 Å². The first kappa shape index (κ1) is 13.3. The molecule has 0 spiro atoms. The lowest BCUT2D eigenvalue weighted by atomic mass is 9.81. The van der Waals surface area contributed by atoms with E-state index in [1.807, 2.05) is 7.11 Å². The van der Waals surface area contributed by atoms with Gasteiger partial charge in [-0.3, -0.25) is 9.80 Å². The van der Waals surface area contributed by atoms with Crippen LogP contribution in [-0.4, -0.2) is 60.3 Å². The first-order valence-corrected chi connectivity index (χ1v) is 7.00. The predicted octanol–water partition coefficient (Wildman–Crippen LogP) is 1.97. The van der Waals surface area contributed by atoms with Crippen LogP contribution in [-0.2, 0) is 4.74 Å². The van der Waals surface area contributed by atoms with Crippen molar-refractivity contribution in [1.82, 2.24) is 9.80 Å². The summed E-state index contributed by atoms with van der Waals surface area (Å²) in [5.41, 5.74) is 0.256. The fourth-order valence-electron chi connectivity index (χ4n) is 3.93. The summed E-state index contributed by atoms with van der Waals surface area (Å²) in [5, 5.41) is 0. The van der Waals surface area contributed by atoms with E-state index < -0.39 is 0 Å². The van der Waals surface area contributed by atoms with Crippen molar-refractivity contribution < 1.29 is 4.74 Å². The molecular weight excluding hydrogens is 212 g/mol. The van der Waals surface area contributed by atoms with Gasteiger partial charge in [0.05, 0.1) is 6.61 Å². The summed E-state index contributed by atoms with van der Waals surface area (Å²) >= 11 is 0. The maximum atomic E-state index is 5.48. The van der Waals surface area contributed by atoms with Crippen molar-refractivity contribution in [2.45, 2.75) is 64.2 Å². The molecule has 0 aromatic heterocycles. The molecule has 3 aliphatic heterocycles. The molecule has 0 N–H and O–H groups in total. The van der Waals surface area contributed by atoms with Crippen LogP contribution in [0.2, 0.25) is 0 Å². The first-order valence-electron chi connectivity index (χ1n) is 7.00. The average molecular weight is 240 g/mol. The molecule has 100 valence electrons. The van der Waals surface area contributed by atoms with Gasteiger partial charge in [0, 0.05) is 37.3 Å². The van der Waals surface area contributed by atoms with Crippen LogP contribution < -0.4 is 0 Å². The molecule has 3 aliphatic rings. The number of likely N-dealkylation sites (N-methyl/N-ethyl adjacent to an activating group) is 1. The average Bonchev–Trinajstić information content (AvgIpc) is 2.28. The zero-order valence-corrected chi connectivity index (χ0v) is 12.1. The Morgan fingerprint density at radius 3 is 2.47 bits per heavy atom. The predicted molar refractivity (Wildman–Crippen MR) is 71.3 cm³/mol. The van der Waals surface area contributed by atoms with Gasteiger partial charge in [-0.15, -0.1) is 0 Å². The molecular formula is C14H28N2O. The topological polar surface area (TPSA) is 15.7 Å². The van der Waals surface area contributed by atoms with E-state index in [0.29, 0.717) is 12.1 Å². The Kier molecular flexibility index (Phi) is 3.81. The van der Waals surface area contributed by atoms with Crippen molar-refractivity contribution in [2.24, 2.45) is 0 Å². The van der Waals surface area contributed by atoms with Crippen LogP contribution in [0.15, 0.2) is 0 Å². The first-order chi connectivity index (χ1) is 7.99. The number of methoxy groups -OCH3 is 1. The second-order valence-corrected chi connectivity index (χ2v) is 6.49. The summed E-state index contributed by atoms with van der Waals surface area (Å²) in [6.45, 7) is 12.6.